The van der Waals surface area contributed by atoms with Gasteiger partial charge in [0.1, 0.15) is 5.71 Å². The summed E-state index contributed by atoms with van der Waals surface area (Å²) >= 11 is 0. The summed E-state index contributed by atoms with van der Waals surface area (Å²) in [5.41, 5.74) is -0.131. The highest BCUT2D eigenvalue weighted by Crippen LogP contribution is 1.83. The number of carbonyl (C=O) groups excluding carboxylic acids is 1. The largest absolute Gasteiger partial charge is 0.461 e. The average Bonchev–Trinajstić information content (AvgIpc) is 2.00. The number of hydrogen-bond acceptors (Lipinski definition) is 4. The summed E-state index contributed by atoms with van der Waals surface area (Å²) in [7, 11) is 0. The summed E-state index contributed by atoms with van der Waals surface area (Å²) in [6, 6.07) is 0. The van der Waals surface area contributed by atoms with Crippen molar-refractivity contribution in [2.75, 3.05) is 19.8 Å². The molecule has 4 nitrogen and oxygen atoms in total. The van der Waals surface area contributed by atoms with Crippen molar-refractivity contribution >= 4 is 24.1 Å². The van der Waals surface area contributed by atoms with Gasteiger partial charge >= 0.3 is 5.97 Å². The molecule has 12 heavy (non-hydrogen) atoms. The van der Waals surface area contributed by atoms with Gasteiger partial charge in [-0.3, -0.25) is 5.41 Å². The monoisotopic (exact) mass is 195 g/mol. The van der Waals surface area contributed by atoms with E-state index in [1.807, 2.05) is 0 Å². The molecule has 1 N–H and O–H groups in total. The number of esters is 1. The van der Waals surface area contributed by atoms with Crippen LogP contribution in [0.1, 0.15) is 13.8 Å². The molecule has 5 heteroatoms. The molecule has 0 heterocycles. The van der Waals surface area contributed by atoms with Crippen molar-refractivity contribution in [1.82, 2.24) is 0 Å². The first kappa shape index (κ1) is 13.9. The summed E-state index contributed by atoms with van der Waals surface area (Å²) in [5.74, 6) is -0.596. The van der Waals surface area contributed by atoms with Crippen LogP contribution in [0, 0.1) is 5.41 Å². The number of hydrogen-bond donors (Lipinski definition) is 1. The minimum Gasteiger partial charge on any atom is -0.461 e. The second-order valence-corrected chi connectivity index (χ2v) is 1.84. The zero-order valence-electron chi connectivity index (χ0n) is 7.25. The summed E-state index contributed by atoms with van der Waals surface area (Å²) < 4.78 is 9.39. The Balaban J connectivity index is 0. The van der Waals surface area contributed by atoms with E-state index in [1.54, 1.807) is 13.8 Å². The molecule has 0 aromatic heterocycles. The van der Waals surface area contributed by atoms with Crippen LogP contribution in [0.2, 0.25) is 0 Å². The van der Waals surface area contributed by atoms with Gasteiger partial charge in [-0.15, -0.1) is 12.4 Å². The van der Waals surface area contributed by atoms with Gasteiger partial charge in [0.15, 0.2) is 0 Å². The predicted octanol–water partition coefficient (Wildman–Crippen LogP) is 1.03. The molecule has 0 aliphatic carbocycles. The second kappa shape index (κ2) is 8.49. The normalized spacial score (nSPS) is 8.50. The first-order chi connectivity index (χ1) is 5.22. The molecule has 0 unspecified atom stereocenters. The van der Waals surface area contributed by atoms with Crippen LogP contribution in [0.5, 0.6) is 0 Å². The highest BCUT2D eigenvalue weighted by Gasteiger charge is 2.08. The van der Waals surface area contributed by atoms with E-state index in [-0.39, 0.29) is 24.7 Å². The average molecular weight is 196 g/mol. The summed E-state index contributed by atoms with van der Waals surface area (Å²) in [4.78, 5) is 10.7. The van der Waals surface area contributed by atoms with Crippen molar-refractivity contribution in [2.45, 2.75) is 13.8 Å². The maximum absolute atomic E-state index is 10.7. The Morgan fingerprint density at radius 3 is 2.33 bits per heavy atom. The van der Waals surface area contributed by atoms with Gasteiger partial charge in [-0.05, 0) is 13.8 Å². The summed E-state index contributed by atoms with van der Waals surface area (Å²) in [5, 5.41) is 7.10. The Bertz CT molecular complexity index is 150. The Hall–Kier alpha value is -0.610. The van der Waals surface area contributed by atoms with E-state index in [9.17, 15) is 4.79 Å². The lowest BCUT2D eigenvalue weighted by Gasteiger charge is -2.02. The Morgan fingerprint density at radius 1 is 1.33 bits per heavy atom. The fraction of sp³-hybridized carbons (Fsp3) is 0.714. The van der Waals surface area contributed by atoms with Gasteiger partial charge in [-0.2, -0.15) is 0 Å². The number of nitrogens with one attached hydrogen (secondary N) is 1. The van der Waals surface area contributed by atoms with E-state index >= 15 is 0 Å². The van der Waals surface area contributed by atoms with Crippen LogP contribution in [0.3, 0.4) is 0 Å². The fourth-order valence-corrected chi connectivity index (χ4v) is 0.481. The van der Waals surface area contributed by atoms with Crippen LogP contribution in [0.15, 0.2) is 0 Å². The molecule has 0 rings (SSSR count). The topological polar surface area (TPSA) is 59.4 Å². The third-order valence-corrected chi connectivity index (χ3v) is 0.972. The highest BCUT2D eigenvalue weighted by atomic mass is 35.5. The zero-order valence-corrected chi connectivity index (χ0v) is 8.07. The smallest absolute Gasteiger partial charge is 0.354 e. The van der Waals surface area contributed by atoms with E-state index in [0.717, 1.165) is 0 Å². The lowest BCUT2D eigenvalue weighted by atomic mass is 10.4. The molecular weight excluding hydrogens is 182 g/mol. The molecule has 72 valence electrons. The minimum absolute atomic E-state index is 0. The molecule has 0 radical (unpaired) electrons. The lowest BCUT2D eigenvalue weighted by molar-refractivity contribution is -0.135. The van der Waals surface area contributed by atoms with Crippen LogP contribution in [-0.2, 0) is 14.3 Å². The molecule has 0 spiro atoms. The third kappa shape index (κ3) is 6.12. The van der Waals surface area contributed by atoms with Crippen molar-refractivity contribution in [2.24, 2.45) is 0 Å². The molecule has 0 aromatic carbocycles. The van der Waals surface area contributed by atoms with Gasteiger partial charge in [-0.1, -0.05) is 0 Å². The molecule has 0 aromatic rings. The lowest BCUT2D eigenvalue weighted by Crippen LogP contribution is -2.21. The third-order valence-electron chi connectivity index (χ3n) is 0.972. The minimum atomic E-state index is -0.596. The second-order valence-electron chi connectivity index (χ2n) is 1.84. The van der Waals surface area contributed by atoms with Crippen LogP contribution in [-0.4, -0.2) is 31.5 Å². The van der Waals surface area contributed by atoms with E-state index < -0.39 is 5.97 Å². The molecule has 0 saturated carbocycles. The van der Waals surface area contributed by atoms with Gasteiger partial charge in [0.25, 0.3) is 0 Å². The molecule has 0 fully saturated rings. The first-order valence-corrected chi connectivity index (χ1v) is 3.54. The van der Waals surface area contributed by atoms with E-state index in [1.165, 1.54) is 0 Å². The maximum atomic E-state index is 10.7. The van der Waals surface area contributed by atoms with Crippen molar-refractivity contribution < 1.29 is 14.3 Å². The molecular formula is C7H14ClNO3. The molecule has 0 aliphatic rings. The number of rotatable bonds is 5. The van der Waals surface area contributed by atoms with Crippen molar-refractivity contribution in [3.05, 3.63) is 0 Å². The van der Waals surface area contributed by atoms with Crippen molar-refractivity contribution in [3.63, 3.8) is 0 Å². The number of ether oxygens (including phenoxy) is 2. The highest BCUT2D eigenvalue weighted by molar-refractivity contribution is 6.35. The SMILES string of the molecule is CCOCC(=N)C(=O)OCC.Cl. The van der Waals surface area contributed by atoms with Gasteiger partial charge in [0.05, 0.1) is 13.2 Å². The van der Waals surface area contributed by atoms with Crippen LogP contribution in [0.25, 0.3) is 0 Å². The maximum Gasteiger partial charge on any atom is 0.354 e. The van der Waals surface area contributed by atoms with Gasteiger partial charge in [0, 0.05) is 6.61 Å². The summed E-state index contributed by atoms with van der Waals surface area (Å²) in [6.07, 6.45) is 0. The van der Waals surface area contributed by atoms with E-state index in [0.29, 0.717) is 13.2 Å². The van der Waals surface area contributed by atoms with Gasteiger partial charge in [0.2, 0.25) is 0 Å². The quantitative estimate of drug-likeness (QED) is 0.527. The van der Waals surface area contributed by atoms with Crippen molar-refractivity contribution in [3.8, 4) is 0 Å². The Kier molecular flexibility index (Phi) is 9.86. The molecule has 0 saturated heterocycles. The van der Waals surface area contributed by atoms with Gasteiger partial charge in [-0.25, -0.2) is 4.79 Å². The zero-order chi connectivity index (χ0) is 8.69. The van der Waals surface area contributed by atoms with E-state index in [2.05, 4.69) is 4.74 Å². The van der Waals surface area contributed by atoms with Crippen LogP contribution in [0.4, 0.5) is 0 Å². The number of carbonyl (C=O) groups is 1. The van der Waals surface area contributed by atoms with Gasteiger partial charge < -0.3 is 9.47 Å². The first-order valence-electron chi connectivity index (χ1n) is 3.54. The predicted molar refractivity (Wildman–Crippen MR) is 48.1 cm³/mol. The van der Waals surface area contributed by atoms with Crippen LogP contribution < -0.4 is 0 Å². The van der Waals surface area contributed by atoms with Crippen molar-refractivity contribution in [1.29, 1.82) is 5.41 Å². The van der Waals surface area contributed by atoms with Crippen LogP contribution >= 0.6 is 12.4 Å². The van der Waals surface area contributed by atoms with E-state index in [4.69, 9.17) is 10.1 Å². The molecule has 0 amide bonds. The number of halogens is 1. The molecule has 0 aliphatic heterocycles. The Labute approximate surface area is 78.2 Å². The molecule has 0 bridgehead atoms. The standard InChI is InChI=1S/C7H13NO3.ClH/c1-3-10-5-6(8)7(9)11-4-2;/h8H,3-5H2,1-2H3;1H. The Morgan fingerprint density at radius 2 is 1.92 bits per heavy atom. The molecule has 0 atom stereocenters. The fourth-order valence-electron chi connectivity index (χ4n) is 0.481. The summed E-state index contributed by atoms with van der Waals surface area (Å²) in [6.45, 7) is 4.34.